The molecule has 0 radical (unpaired) electrons. The summed E-state index contributed by atoms with van der Waals surface area (Å²) in [7, 11) is 2.09. The average molecular weight is 196 g/mol. The standard InChI is InChI=1S/C9H12N2OS/c1-6(12)9-10-7-3-4-11(2)5-8(7)13-9/h12H,1,3-5H2,2H3. The van der Waals surface area contributed by atoms with E-state index in [2.05, 4.69) is 23.5 Å². The summed E-state index contributed by atoms with van der Waals surface area (Å²) in [5.41, 5.74) is 1.13. The Bertz CT molecular complexity index is 345. The molecule has 0 fully saturated rings. The Morgan fingerprint density at radius 2 is 2.46 bits per heavy atom. The van der Waals surface area contributed by atoms with E-state index in [4.69, 9.17) is 0 Å². The molecule has 0 atom stereocenters. The predicted molar refractivity (Wildman–Crippen MR) is 53.8 cm³/mol. The number of hydrogen-bond acceptors (Lipinski definition) is 4. The summed E-state index contributed by atoms with van der Waals surface area (Å²) in [6, 6.07) is 0. The molecule has 0 bridgehead atoms. The average Bonchev–Trinajstić information content (AvgIpc) is 2.46. The van der Waals surface area contributed by atoms with Crippen LogP contribution in [0.5, 0.6) is 0 Å². The van der Waals surface area contributed by atoms with Crippen LogP contribution in [0.3, 0.4) is 0 Å². The summed E-state index contributed by atoms with van der Waals surface area (Å²) >= 11 is 1.54. The van der Waals surface area contributed by atoms with Crippen LogP contribution in [-0.2, 0) is 13.0 Å². The van der Waals surface area contributed by atoms with Crippen LogP contribution in [0.15, 0.2) is 6.58 Å². The highest BCUT2D eigenvalue weighted by molar-refractivity contribution is 7.12. The summed E-state index contributed by atoms with van der Waals surface area (Å²) in [4.78, 5) is 7.84. The van der Waals surface area contributed by atoms with Gasteiger partial charge in [0.05, 0.1) is 5.69 Å². The lowest BCUT2D eigenvalue weighted by Gasteiger charge is -2.20. The van der Waals surface area contributed by atoms with Gasteiger partial charge in [0.25, 0.3) is 0 Å². The maximum Gasteiger partial charge on any atom is 0.157 e. The molecule has 2 heterocycles. The molecule has 1 aliphatic heterocycles. The number of likely N-dealkylation sites (N-methyl/N-ethyl adjacent to an activating group) is 1. The molecule has 0 aromatic carbocycles. The minimum Gasteiger partial charge on any atom is -0.505 e. The lowest BCUT2D eigenvalue weighted by atomic mass is 10.2. The zero-order valence-electron chi connectivity index (χ0n) is 7.58. The fraction of sp³-hybridized carbons (Fsp3) is 0.444. The van der Waals surface area contributed by atoms with Gasteiger partial charge in [-0.05, 0) is 7.05 Å². The SMILES string of the molecule is C=C(O)c1nc2c(s1)CN(C)CC2. The molecule has 0 saturated heterocycles. The first-order valence-electron chi connectivity index (χ1n) is 4.22. The molecule has 0 saturated carbocycles. The van der Waals surface area contributed by atoms with Crippen LogP contribution >= 0.6 is 11.3 Å². The van der Waals surface area contributed by atoms with Gasteiger partial charge in [-0.1, -0.05) is 6.58 Å². The number of nitrogens with zero attached hydrogens (tertiary/aromatic N) is 2. The van der Waals surface area contributed by atoms with Gasteiger partial charge in [-0.25, -0.2) is 4.98 Å². The highest BCUT2D eigenvalue weighted by Crippen LogP contribution is 2.26. The highest BCUT2D eigenvalue weighted by Gasteiger charge is 2.18. The normalized spacial score (nSPS) is 17.0. The number of aliphatic hydroxyl groups is 1. The Kier molecular flexibility index (Phi) is 2.09. The second-order valence-corrected chi connectivity index (χ2v) is 4.41. The molecule has 3 nitrogen and oxygen atoms in total. The van der Waals surface area contributed by atoms with Gasteiger partial charge < -0.3 is 10.0 Å². The van der Waals surface area contributed by atoms with Crippen LogP contribution in [0.1, 0.15) is 15.6 Å². The van der Waals surface area contributed by atoms with Crippen LogP contribution < -0.4 is 0 Å². The number of thiazole rings is 1. The van der Waals surface area contributed by atoms with E-state index in [9.17, 15) is 5.11 Å². The Hall–Kier alpha value is -0.870. The Balaban J connectivity index is 2.33. The van der Waals surface area contributed by atoms with E-state index >= 15 is 0 Å². The van der Waals surface area contributed by atoms with E-state index in [-0.39, 0.29) is 5.76 Å². The summed E-state index contributed by atoms with van der Waals surface area (Å²) in [6.45, 7) is 5.47. The monoisotopic (exact) mass is 196 g/mol. The predicted octanol–water partition coefficient (Wildman–Crippen LogP) is 1.66. The third-order valence-corrected chi connectivity index (χ3v) is 3.30. The zero-order valence-corrected chi connectivity index (χ0v) is 8.39. The quantitative estimate of drug-likeness (QED) is 0.694. The maximum absolute atomic E-state index is 9.18. The third-order valence-electron chi connectivity index (χ3n) is 2.17. The molecule has 1 N–H and O–H groups in total. The number of fused-ring (bicyclic) bond motifs is 1. The fourth-order valence-electron chi connectivity index (χ4n) is 1.45. The zero-order chi connectivity index (χ0) is 9.42. The van der Waals surface area contributed by atoms with Crippen molar-refractivity contribution in [3.05, 3.63) is 22.2 Å². The van der Waals surface area contributed by atoms with Crippen molar-refractivity contribution in [2.75, 3.05) is 13.6 Å². The van der Waals surface area contributed by atoms with Gasteiger partial charge in [0, 0.05) is 24.4 Å². The van der Waals surface area contributed by atoms with E-state index in [1.165, 1.54) is 4.88 Å². The van der Waals surface area contributed by atoms with Crippen LogP contribution in [0.25, 0.3) is 5.76 Å². The van der Waals surface area contributed by atoms with E-state index < -0.39 is 0 Å². The second kappa shape index (κ2) is 3.12. The fourth-order valence-corrected chi connectivity index (χ4v) is 2.50. The minimum atomic E-state index is 0.0852. The minimum absolute atomic E-state index is 0.0852. The largest absolute Gasteiger partial charge is 0.505 e. The van der Waals surface area contributed by atoms with Crippen LogP contribution in [0.2, 0.25) is 0 Å². The van der Waals surface area contributed by atoms with Gasteiger partial charge in [0.1, 0.15) is 5.76 Å². The number of aliphatic hydroxyl groups excluding tert-OH is 1. The summed E-state index contributed by atoms with van der Waals surface area (Å²) < 4.78 is 0. The second-order valence-electron chi connectivity index (χ2n) is 3.32. The van der Waals surface area contributed by atoms with Gasteiger partial charge in [-0.3, -0.25) is 0 Å². The Morgan fingerprint density at radius 3 is 3.15 bits per heavy atom. The van der Waals surface area contributed by atoms with Crippen molar-refractivity contribution in [3.8, 4) is 0 Å². The van der Waals surface area contributed by atoms with Crippen molar-refractivity contribution in [2.45, 2.75) is 13.0 Å². The summed E-state index contributed by atoms with van der Waals surface area (Å²) in [5, 5.41) is 9.85. The first-order chi connectivity index (χ1) is 6.16. The lowest BCUT2D eigenvalue weighted by molar-refractivity contribution is 0.314. The molecule has 0 amide bonds. The summed E-state index contributed by atoms with van der Waals surface area (Å²) in [6.07, 6.45) is 0.982. The number of rotatable bonds is 1. The third kappa shape index (κ3) is 1.59. The van der Waals surface area contributed by atoms with Gasteiger partial charge in [0.2, 0.25) is 0 Å². The van der Waals surface area contributed by atoms with Gasteiger partial charge in [-0.15, -0.1) is 11.3 Å². The molecule has 0 aliphatic carbocycles. The van der Waals surface area contributed by atoms with Crippen molar-refractivity contribution in [2.24, 2.45) is 0 Å². The lowest BCUT2D eigenvalue weighted by Crippen LogP contribution is -2.25. The van der Waals surface area contributed by atoms with Crippen LogP contribution in [0.4, 0.5) is 0 Å². The Labute approximate surface area is 81.3 Å². The molecule has 2 rings (SSSR count). The van der Waals surface area contributed by atoms with Crippen molar-refractivity contribution >= 4 is 17.1 Å². The maximum atomic E-state index is 9.18. The molecule has 0 unspecified atom stereocenters. The molecule has 13 heavy (non-hydrogen) atoms. The van der Waals surface area contributed by atoms with Crippen molar-refractivity contribution in [3.63, 3.8) is 0 Å². The molecular formula is C9H12N2OS. The first kappa shape index (κ1) is 8.72. The molecule has 4 heteroatoms. The van der Waals surface area contributed by atoms with Crippen LogP contribution in [-0.4, -0.2) is 28.6 Å². The van der Waals surface area contributed by atoms with Crippen molar-refractivity contribution in [1.29, 1.82) is 0 Å². The molecule has 1 aromatic rings. The highest BCUT2D eigenvalue weighted by atomic mass is 32.1. The van der Waals surface area contributed by atoms with Gasteiger partial charge >= 0.3 is 0 Å². The van der Waals surface area contributed by atoms with Crippen molar-refractivity contribution < 1.29 is 5.11 Å². The molecule has 1 aliphatic rings. The first-order valence-corrected chi connectivity index (χ1v) is 5.04. The van der Waals surface area contributed by atoms with Gasteiger partial charge in [0.15, 0.2) is 5.01 Å². The molecule has 1 aromatic heterocycles. The number of aromatic nitrogens is 1. The van der Waals surface area contributed by atoms with E-state index in [0.29, 0.717) is 5.01 Å². The van der Waals surface area contributed by atoms with E-state index in [0.717, 1.165) is 25.2 Å². The van der Waals surface area contributed by atoms with E-state index in [1.807, 2.05) is 0 Å². The van der Waals surface area contributed by atoms with Crippen molar-refractivity contribution in [1.82, 2.24) is 9.88 Å². The van der Waals surface area contributed by atoms with E-state index in [1.54, 1.807) is 11.3 Å². The molecule has 70 valence electrons. The summed E-state index contributed by atoms with van der Waals surface area (Å²) in [5.74, 6) is 0.0852. The molecular weight excluding hydrogens is 184 g/mol. The smallest absolute Gasteiger partial charge is 0.157 e. The topological polar surface area (TPSA) is 36.4 Å². The number of hydrogen-bond donors (Lipinski definition) is 1. The van der Waals surface area contributed by atoms with Gasteiger partial charge in [-0.2, -0.15) is 0 Å². The molecule has 0 spiro atoms. The van der Waals surface area contributed by atoms with Crippen LogP contribution in [0, 0.1) is 0 Å². The Morgan fingerprint density at radius 1 is 1.69 bits per heavy atom.